The first-order valence-corrected chi connectivity index (χ1v) is 14.5. The third-order valence-corrected chi connectivity index (χ3v) is 7.61. The van der Waals surface area contributed by atoms with Crippen LogP contribution in [0, 0.1) is 31.6 Å². The van der Waals surface area contributed by atoms with Gasteiger partial charge in [-0.1, -0.05) is 82.4 Å². The molecule has 3 heteroatoms. The van der Waals surface area contributed by atoms with Gasteiger partial charge in [-0.05, 0) is 88.8 Å². The number of fused-ring (bicyclic) bond motifs is 1. The van der Waals surface area contributed by atoms with Crippen molar-refractivity contribution in [1.29, 1.82) is 0 Å². The number of Topliss-reactive ketones (excluding diaryl/α,β-unsaturated/α-hetero) is 3. The standard InChI is InChI=1S/C24H34O3.C7H10.C3H8/c1-6-8-19(20(7-2)22(26)11-17(5)25)12-18-13-21-15(3)9-10-16(4)24(21)23(27)14-18;1-6-4-3-5-7(6)2;1-3-2/h9-10,18-20H,6-8,11-14H2,1-5H3;3-4H,5H2,1-2H3;3H2,1-2H3. The minimum Gasteiger partial charge on any atom is -0.300 e. The lowest BCUT2D eigenvalue weighted by molar-refractivity contribution is -0.129. The molecular formula is C34H52O3. The normalized spacial score (nSPS) is 17.8. The Bertz CT molecular complexity index is 979. The van der Waals surface area contributed by atoms with Crippen LogP contribution >= 0.6 is 0 Å². The Morgan fingerprint density at radius 1 is 0.973 bits per heavy atom. The lowest BCUT2D eigenvalue weighted by Crippen LogP contribution is -2.30. The smallest absolute Gasteiger partial charge is 0.163 e. The van der Waals surface area contributed by atoms with Gasteiger partial charge < -0.3 is 0 Å². The van der Waals surface area contributed by atoms with Crippen LogP contribution in [0.1, 0.15) is 127 Å². The number of carbonyl (C=O) groups is 3. The van der Waals surface area contributed by atoms with Crippen LogP contribution in [-0.2, 0) is 16.0 Å². The van der Waals surface area contributed by atoms with E-state index in [4.69, 9.17) is 0 Å². The lowest BCUT2D eigenvalue weighted by Gasteiger charge is -2.32. The zero-order valence-electron chi connectivity index (χ0n) is 25.1. The van der Waals surface area contributed by atoms with Crippen LogP contribution in [0.5, 0.6) is 0 Å². The van der Waals surface area contributed by atoms with Crippen molar-refractivity contribution in [2.75, 3.05) is 0 Å². The Morgan fingerprint density at radius 2 is 1.59 bits per heavy atom. The van der Waals surface area contributed by atoms with Gasteiger partial charge in [0.25, 0.3) is 0 Å². The zero-order chi connectivity index (χ0) is 28.1. The van der Waals surface area contributed by atoms with Gasteiger partial charge in [0, 0.05) is 17.9 Å². The quantitative estimate of drug-likeness (QED) is 0.312. The number of hydrogen-bond donors (Lipinski definition) is 0. The number of ketones is 3. The van der Waals surface area contributed by atoms with Gasteiger partial charge in [-0.25, -0.2) is 0 Å². The van der Waals surface area contributed by atoms with Gasteiger partial charge in [-0.2, -0.15) is 0 Å². The summed E-state index contributed by atoms with van der Waals surface area (Å²) in [6.07, 6.45) is 12.0. The topological polar surface area (TPSA) is 51.2 Å². The Labute approximate surface area is 227 Å². The molecule has 37 heavy (non-hydrogen) atoms. The van der Waals surface area contributed by atoms with Crippen molar-refractivity contribution < 1.29 is 14.4 Å². The number of carbonyl (C=O) groups excluding carboxylic acids is 3. The van der Waals surface area contributed by atoms with E-state index in [-0.39, 0.29) is 35.6 Å². The lowest BCUT2D eigenvalue weighted by atomic mass is 9.71. The zero-order valence-corrected chi connectivity index (χ0v) is 25.1. The number of allylic oxidation sites excluding steroid dienone is 4. The maximum absolute atomic E-state index is 12.8. The molecule has 0 N–H and O–H groups in total. The van der Waals surface area contributed by atoms with Crippen LogP contribution in [0.2, 0.25) is 0 Å². The fourth-order valence-corrected chi connectivity index (χ4v) is 5.61. The molecule has 3 nitrogen and oxygen atoms in total. The molecule has 0 spiro atoms. The molecule has 1 aromatic carbocycles. The highest BCUT2D eigenvalue weighted by Gasteiger charge is 2.33. The van der Waals surface area contributed by atoms with Crippen molar-refractivity contribution in [2.24, 2.45) is 17.8 Å². The van der Waals surface area contributed by atoms with Crippen LogP contribution in [0.25, 0.3) is 0 Å². The highest BCUT2D eigenvalue weighted by atomic mass is 16.1. The summed E-state index contributed by atoms with van der Waals surface area (Å²) < 4.78 is 0. The molecule has 0 aliphatic heterocycles. The van der Waals surface area contributed by atoms with Gasteiger partial charge in [-0.3, -0.25) is 14.4 Å². The van der Waals surface area contributed by atoms with E-state index in [2.05, 4.69) is 59.8 Å². The average molecular weight is 509 g/mol. The predicted molar refractivity (Wildman–Crippen MR) is 157 cm³/mol. The van der Waals surface area contributed by atoms with Gasteiger partial charge in [0.2, 0.25) is 0 Å². The molecule has 206 valence electrons. The largest absolute Gasteiger partial charge is 0.300 e. The highest BCUT2D eigenvalue weighted by Crippen LogP contribution is 2.37. The summed E-state index contributed by atoms with van der Waals surface area (Å²) in [5, 5.41) is 0. The van der Waals surface area contributed by atoms with E-state index in [0.717, 1.165) is 43.2 Å². The van der Waals surface area contributed by atoms with Crippen molar-refractivity contribution in [1.82, 2.24) is 0 Å². The SMILES string of the molecule is CC1=C(C)CC=C1.CCC.CCCC(CC1CC(=O)c2c(C)ccc(C)c2C1)C(CC)C(=O)CC(C)=O. The second-order valence-electron chi connectivity index (χ2n) is 11.2. The molecule has 0 fully saturated rings. The van der Waals surface area contributed by atoms with E-state index in [1.807, 2.05) is 19.9 Å². The number of hydrogen-bond acceptors (Lipinski definition) is 3. The molecule has 0 saturated carbocycles. The summed E-state index contributed by atoms with van der Waals surface area (Å²) in [4.78, 5) is 36.9. The maximum atomic E-state index is 12.8. The van der Waals surface area contributed by atoms with Crippen LogP contribution in [0.3, 0.4) is 0 Å². The summed E-state index contributed by atoms with van der Waals surface area (Å²) in [7, 11) is 0. The average Bonchev–Trinajstić information content (AvgIpc) is 3.19. The molecule has 3 rings (SSSR count). The van der Waals surface area contributed by atoms with Crippen molar-refractivity contribution in [3.63, 3.8) is 0 Å². The highest BCUT2D eigenvalue weighted by molar-refractivity contribution is 6.00. The summed E-state index contributed by atoms with van der Waals surface area (Å²) in [6.45, 7) is 18.4. The molecule has 3 atom stereocenters. The Balaban J connectivity index is 0.000000572. The molecule has 0 aromatic heterocycles. The van der Waals surface area contributed by atoms with Crippen LogP contribution in [0.4, 0.5) is 0 Å². The van der Waals surface area contributed by atoms with Crippen molar-refractivity contribution in [3.8, 4) is 0 Å². The maximum Gasteiger partial charge on any atom is 0.163 e. The molecule has 2 aliphatic rings. The fraction of sp³-hybridized carbons (Fsp3) is 0.618. The second-order valence-corrected chi connectivity index (χ2v) is 11.2. The van der Waals surface area contributed by atoms with E-state index in [1.165, 1.54) is 42.0 Å². The Morgan fingerprint density at radius 3 is 2.05 bits per heavy atom. The molecule has 0 heterocycles. The molecule has 0 radical (unpaired) electrons. The summed E-state index contributed by atoms with van der Waals surface area (Å²) in [5.74, 6) is 0.766. The number of benzene rings is 1. The van der Waals surface area contributed by atoms with Gasteiger partial charge in [0.15, 0.2) is 5.78 Å². The third-order valence-electron chi connectivity index (χ3n) is 7.61. The molecule has 1 aromatic rings. The molecular weight excluding hydrogens is 456 g/mol. The molecule has 0 saturated heterocycles. The molecule has 2 aliphatic carbocycles. The molecule has 3 unspecified atom stereocenters. The van der Waals surface area contributed by atoms with Crippen LogP contribution in [-0.4, -0.2) is 17.3 Å². The fourth-order valence-electron chi connectivity index (χ4n) is 5.61. The van der Waals surface area contributed by atoms with E-state index in [1.54, 1.807) is 0 Å². The molecule has 0 amide bonds. The van der Waals surface area contributed by atoms with Gasteiger partial charge >= 0.3 is 0 Å². The van der Waals surface area contributed by atoms with E-state index >= 15 is 0 Å². The third kappa shape index (κ3) is 10.2. The molecule has 0 bridgehead atoms. The first-order valence-electron chi connectivity index (χ1n) is 14.5. The summed E-state index contributed by atoms with van der Waals surface area (Å²) >= 11 is 0. The van der Waals surface area contributed by atoms with Gasteiger partial charge in [0.05, 0.1) is 6.42 Å². The van der Waals surface area contributed by atoms with E-state index in [9.17, 15) is 14.4 Å². The second kappa shape index (κ2) is 16.5. The minimum atomic E-state index is -0.0658. The summed E-state index contributed by atoms with van der Waals surface area (Å²) in [6, 6.07) is 4.15. The van der Waals surface area contributed by atoms with E-state index < -0.39 is 0 Å². The first-order chi connectivity index (χ1) is 17.5. The monoisotopic (exact) mass is 508 g/mol. The van der Waals surface area contributed by atoms with Crippen LogP contribution in [0.15, 0.2) is 35.4 Å². The van der Waals surface area contributed by atoms with E-state index in [0.29, 0.717) is 12.3 Å². The minimum absolute atomic E-state index is 0.0451. The predicted octanol–water partition coefficient (Wildman–Crippen LogP) is 9.13. The van der Waals surface area contributed by atoms with Crippen molar-refractivity contribution >= 4 is 17.3 Å². The number of aryl methyl sites for hydroxylation is 2. The Hall–Kier alpha value is -2.29. The van der Waals surface area contributed by atoms with Gasteiger partial charge in [0.1, 0.15) is 11.6 Å². The van der Waals surface area contributed by atoms with Crippen molar-refractivity contribution in [3.05, 3.63) is 57.7 Å². The van der Waals surface area contributed by atoms with Crippen molar-refractivity contribution in [2.45, 2.75) is 120 Å². The number of rotatable bonds is 9. The first kappa shape index (κ1) is 32.7. The Kier molecular flexibility index (Phi) is 14.6. The summed E-state index contributed by atoms with van der Waals surface area (Å²) in [5.41, 5.74) is 7.36. The van der Waals surface area contributed by atoms with Crippen LogP contribution < -0.4 is 0 Å². The van der Waals surface area contributed by atoms with Gasteiger partial charge in [-0.15, -0.1) is 0 Å².